The van der Waals surface area contributed by atoms with Crippen molar-refractivity contribution in [1.29, 1.82) is 0 Å². The summed E-state index contributed by atoms with van der Waals surface area (Å²) in [5.74, 6) is 2.51. The van der Waals surface area contributed by atoms with E-state index in [-0.39, 0.29) is 6.04 Å². The molecule has 0 aliphatic carbocycles. The summed E-state index contributed by atoms with van der Waals surface area (Å²) in [7, 11) is 0. The van der Waals surface area contributed by atoms with Crippen molar-refractivity contribution >= 4 is 0 Å². The van der Waals surface area contributed by atoms with Crippen LogP contribution < -0.4 is 5.32 Å². The van der Waals surface area contributed by atoms with Crippen LogP contribution in [0.4, 0.5) is 13.2 Å². The van der Waals surface area contributed by atoms with Crippen molar-refractivity contribution in [3.63, 3.8) is 0 Å². The highest BCUT2D eigenvalue weighted by molar-refractivity contribution is 5.28. The Hall–Kier alpha value is -1.47. The predicted octanol–water partition coefficient (Wildman–Crippen LogP) is 3.77. The predicted molar refractivity (Wildman–Crippen MR) is 65.9 cm³/mol. The molecule has 0 radical (unpaired) electrons. The van der Waals surface area contributed by atoms with Crippen LogP contribution in [0.2, 0.25) is 0 Å². The molecule has 1 atom stereocenters. The van der Waals surface area contributed by atoms with Crippen molar-refractivity contribution in [2.24, 2.45) is 0 Å². The van der Waals surface area contributed by atoms with E-state index in [9.17, 15) is 13.2 Å². The summed E-state index contributed by atoms with van der Waals surface area (Å²) in [6.07, 6.45) is 2.05. The molecule has 0 spiro atoms. The number of nitrogens with one attached hydrogen (secondary N) is 1. The molecule has 0 aliphatic heterocycles. The molecule has 0 aliphatic rings. The Morgan fingerprint density at radius 3 is 2.67 bits per heavy atom. The van der Waals surface area contributed by atoms with Gasteiger partial charge in [0.25, 0.3) is 0 Å². The van der Waals surface area contributed by atoms with Crippen LogP contribution in [-0.4, -0.2) is 6.54 Å². The summed E-state index contributed by atoms with van der Waals surface area (Å²) in [6, 6.07) is 5.25. The Kier molecular flexibility index (Phi) is 5.24. The summed E-state index contributed by atoms with van der Waals surface area (Å²) in [4.78, 5) is 0. The van der Waals surface area contributed by atoms with Gasteiger partial charge in [-0.05, 0) is 30.7 Å². The molecular weight excluding hydrogens is 239 g/mol. The summed E-state index contributed by atoms with van der Waals surface area (Å²) >= 11 is 0. The molecule has 0 bridgehead atoms. The third-order valence-corrected chi connectivity index (χ3v) is 2.64. The van der Waals surface area contributed by atoms with Crippen LogP contribution in [0.5, 0.6) is 0 Å². The van der Waals surface area contributed by atoms with Gasteiger partial charge in [-0.15, -0.1) is 12.3 Å². The second-order valence-corrected chi connectivity index (χ2v) is 3.98. The van der Waals surface area contributed by atoms with Crippen LogP contribution >= 0.6 is 0 Å². The van der Waals surface area contributed by atoms with Crippen LogP contribution in [0.1, 0.15) is 36.9 Å². The van der Waals surface area contributed by atoms with Gasteiger partial charge in [-0.25, -0.2) is 0 Å². The van der Waals surface area contributed by atoms with Gasteiger partial charge >= 0.3 is 6.18 Å². The highest BCUT2D eigenvalue weighted by Gasteiger charge is 2.30. The third-order valence-electron chi connectivity index (χ3n) is 2.64. The maximum atomic E-state index is 12.6. The monoisotopic (exact) mass is 255 g/mol. The standard InChI is InChI=1S/C14H16F3N/c1-3-5-9-13(18-4-2)11-7-6-8-12(10-11)14(15,16)17/h1,6-8,10,13,18H,4-5,9H2,2H3. The minimum absolute atomic E-state index is 0.131. The third kappa shape index (κ3) is 4.08. The lowest BCUT2D eigenvalue weighted by molar-refractivity contribution is -0.137. The Morgan fingerprint density at radius 1 is 1.39 bits per heavy atom. The fraction of sp³-hybridized carbons (Fsp3) is 0.429. The van der Waals surface area contributed by atoms with E-state index in [4.69, 9.17) is 6.42 Å². The normalized spacial score (nSPS) is 13.1. The lowest BCUT2D eigenvalue weighted by Gasteiger charge is -2.18. The van der Waals surface area contributed by atoms with Gasteiger partial charge in [-0.2, -0.15) is 13.2 Å². The molecule has 1 aromatic carbocycles. The van der Waals surface area contributed by atoms with E-state index in [0.717, 1.165) is 6.07 Å². The molecule has 1 N–H and O–H groups in total. The SMILES string of the molecule is C#CCCC(NCC)c1cccc(C(F)(F)F)c1. The molecule has 1 unspecified atom stereocenters. The van der Waals surface area contributed by atoms with Gasteiger partial charge in [0, 0.05) is 12.5 Å². The van der Waals surface area contributed by atoms with Gasteiger partial charge in [0.15, 0.2) is 0 Å². The van der Waals surface area contributed by atoms with Crippen molar-refractivity contribution < 1.29 is 13.2 Å². The fourth-order valence-corrected chi connectivity index (χ4v) is 1.79. The van der Waals surface area contributed by atoms with Crippen molar-refractivity contribution in [3.05, 3.63) is 35.4 Å². The van der Waals surface area contributed by atoms with E-state index in [1.165, 1.54) is 12.1 Å². The first-order chi connectivity index (χ1) is 8.49. The zero-order chi connectivity index (χ0) is 13.6. The van der Waals surface area contributed by atoms with Gasteiger partial charge in [-0.1, -0.05) is 19.1 Å². The molecule has 0 heterocycles. The summed E-state index contributed by atoms with van der Waals surface area (Å²) < 4.78 is 37.8. The van der Waals surface area contributed by atoms with Crippen LogP contribution in [0.3, 0.4) is 0 Å². The zero-order valence-electron chi connectivity index (χ0n) is 10.2. The summed E-state index contributed by atoms with van der Waals surface area (Å²) in [5, 5.41) is 3.15. The van der Waals surface area contributed by atoms with Crippen LogP contribution in [0.25, 0.3) is 0 Å². The quantitative estimate of drug-likeness (QED) is 0.790. The lowest BCUT2D eigenvalue weighted by Crippen LogP contribution is -2.21. The molecule has 1 nitrogen and oxygen atoms in total. The highest BCUT2D eigenvalue weighted by atomic mass is 19.4. The maximum absolute atomic E-state index is 12.6. The average Bonchev–Trinajstić information content (AvgIpc) is 2.33. The Balaban J connectivity index is 2.94. The first kappa shape index (κ1) is 14.6. The Morgan fingerprint density at radius 2 is 2.11 bits per heavy atom. The van der Waals surface area contributed by atoms with Crippen molar-refractivity contribution in [2.75, 3.05) is 6.54 Å². The van der Waals surface area contributed by atoms with Crippen LogP contribution in [0.15, 0.2) is 24.3 Å². The summed E-state index contributed by atoms with van der Waals surface area (Å²) in [6.45, 7) is 2.60. The molecule has 98 valence electrons. The fourth-order valence-electron chi connectivity index (χ4n) is 1.79. The zero-order valence-corrected chi connectivity index (χ0v) is 10.2. The van der Waals surface area contributed by atoms with Gasteiger partial charge in [0.2, 0.25) is 0 Å². The van der Waals surface area contributed by atoms with E-state index in [2.05, 4.69) is 11.2 Å². The maximum Gasteiger partial charge on any atom is 0.416 e. The summed E-state index contributed by atoms with van der Waals surface area (Å²) in [5.41, 5.74) is 0.00513. The number of alkyl halides is 3. The number of rotatable bonds is 5. The second kappa shape index (κ2) is 6.46. The number of terminal acetylenes is 1. The minimum Gasteiger partial charge on any atom is -0.310 e. The first-order valence-electron chi connectivity index (χ1n) is 5.83. The Bertz CT molecular complexity index is 418. The van der Waals surface area contributed by atoms with Gasteiger partial charge in [-0.3, -0.25) is 0 Å². The minimum atomic E-state index is -4.31. The second-order valence-electron chi connectivity index (χ2n) is 3.98. The van der Waals surface area contributed by atoms with Gasteiger partial charge < -0.3 is 5.32 Å². The smallest absolute Gasteiger partial charge is 0.310 e. The molecule has 0 aromatic heterocycles. The van der Waals surface area contributed by atoms with E-state index in [0.29, 0.717) is 24.9 Å². The molecule has 1 rings (SSSR count). The molecule has 1 aromatic rings. The highest BCUT2D eigenvalue weighted by Crippen LogP contribution is 2.31. The number of halogens is 3. The average molecular weight is 255 g/mol. The topological polar surface area (TPSA) is 12.0 Å². The molecule has 0 fully saturated rings. The largest absolute Gasteiger partial charge is 0.416 e. The molecule has 18 heavy (non-hydrogen) atoms. The van der Waals surface area contributed by atoms with Crippen LogP contribution in [0, 0.1) is 12.3 Å². The van der Waals surface area contributed by atoms with Crippen LogP contribution in [-0.2, 0) is 6.18 Å². The molecule has 0 amide bonds. The van der Waals surface area contributed by atoms with E-state index in [1.807, 2.05) is 6.92 Å². The number of hydrogen-bond donors (Lipinski definition) is 1. The van der Waals surface area contributed by atoms with E-state index >= 15 is 0 Å². The van der Waals surface area contributed by atoms with Crippen molar-refractivity contribution in [1.82, 2.24) is 5.32 Å². The Labute approximate surface area is 105 Å². The molecular formula is C14H16F3N. The number of hydrogen-bond acceptors (Lipinski definition) is 1. The first-order valence-corrected chi connectivity index (χ1v) is 5.83. The van der Waals surface area contributed by atoms with Crippen molar-refractivity contribution in [2.45, 2.75) is 32.0 Å². The molecule has 4 heteroatoms. The van der Waals surface area contributed by atoms with E-state index in [1.54, 1.807) is 6.07 Å². The molecule has 0 saturated heterocycles. The van der Waals surface area contributed by atoms with E-state index < -0.39 is 11.7 Å². The number of benzene rings is 1. The van der Waals surface area contributed by atoms with Crippen molar-refractivity contribution in [3.8, 4) is 12.3 Å². The lowest BCUT2D eigenvalue weighted by atomic mass is 10.00. The van der Waals surface area contributed by atoms with Gasteiger partial charge in [0.1, 0.15) is 0 Å². The molecule has 0 saturated carbocycles. The van der Waals surface area contributed by atoms with Gasteiger partial charge in [0.05, 0.1) is 5.56 Å².